The third kappa shape index (κ3) is 5.77. The van der Waals surface area contributed by atoms with Crippen LogP contribution < -0.4 is 4.90 Å². The molecule has 0 bridgehead atoms. The fraction of sp³-hybridized carbons (Fsp3) is 0.143. The first-order valence-corrected chi connectivity index (χ1v) is 21.7. The number of thiophene rings is 1. The Balaban J connectivity index is 1.05. The van der Waals surface area contributed by atoms with Crippen LogP contribution in [0.25, 0.3) is 86.3 Å². The predicted molar refractivity (Wildman–Crippen MR) is 257 cm³/mol. The summed E-state index contributed by atoms with van der Waals surface area (Å²) in [7, 11) is 0. The van der Waals surface area contributed by atoms with Crippen LogP contribution >= 0.6 is 11.3 Å². The van der Waals surface area contributed by atoms with Crippen molar-refractivity contribution in [1.29, 1.82) is 0 Å². The normalized spacial score (nSPS) is 12.5. The topological polar surface area (TPSA) is 29.5 Å². The summed E-state index contributed by atoms with van der Waals surface area (Å²) < 4.78 is 16.1. The van der Waals surface area contributed by atoms with E-state index in [1.807, 2.05) is 11.3 Å². The zero-order valence-corrected chi connectivity index (χ0v) is 35.6. The molecule has 4 heteroatoms. The van der Waals surface area contributed by atoms with E-state index in [2.05, 4.69) is 210 Å². The van der Waals surface area contributed by atoms with E-state index in [4.69, 9.17) is 8.83 Å². The monoisotopic (exact) mass is 795 g/mol. The van der Waals surface area contributed by atoms with E-state index in [0.29, 0.717) is 0 Å². The van der Waals surface area contributed by atoms with Crippen molar-refractivity contribution < 1.29 is 8.83 Å². The Morgan fingerprint density at radius 2 is 0.800 bits per heavy atom. The quantitative estimate of drug-likeness (QED) is 0.174. The number of hydrogen-bond donors (Lipinski definition) is 0. The van der Waals surface area contributed by atoms with Gasteiger partial charge in [-0.15, -0.1) is 11.3 Å². The summed E-state index contributed by atoms with van der Waals surface area (Å²) in [6, 6.07) is 59.5. The Bertz CT molecular complexity index is 3260. The Kier molecular flexibility index (Phi) is 8.18. The standard InChI is InChI=1S/C56H45NO2S/c1-55(2,3)45-21-11-19-42-40-17-9-15-38(51(40)58-53(42)45)34-26-30-36(31-27-34)57(47-23-13-25-49-50(47)44-14-7-8-24-48(44)60-49)37-32-28-35(29-33-37)39-16-10-18-41-43-20-12-22-46(56(4,5)6)54(43)59-52(39)41/h7-33H,1-6H3. The van der Waals surface area contributed by atoms with Crippen molar-refractivity contribution >= 4 is 92.4 Å². The summed E-state index contributed by atoms with van der Waals surface area (Å²) in [5.74, 6) is 0. The molecule has 292 valence electrons. The van der Waals surface area contributed by atoms with Crippen LogP contribution in [0.15, 0.2) is 173 Å². The lowest BCUT2D eigenvalue weighted by molar-refractivity contribution is 0.572. The summed E-state index contributed by atoms with van der Waals surface area (Å²) >= 11 is 1.85. The highest BCUT2D eigenvalue weighted by atomic mass is 32.1. The van der Waals surface area contributed by atoms with E-state index in [1.165, 1.54) is 31.3 Å². The molecule has 3 heterocycles. The number of nitrogens with zero attached hydrogens (tertiary/aromatic N) is 1. The molecule has 11 aromatic rings. The third-order valence-electron chi connectivity index (χ3n) is 12.2. The van der Waals surface area contributed by atoms with Gasteiger partial charge in [-0.2, -0.15) is 0 Å². The first-order chi connectivity index (χ1) is 29.0. The van der Waals surface area contributed by atoms with E-state index in [9.17, 15) is 0 Å². The Labute approximate surface area is 354 Å². The summed E-state index contributed by atoms with van der Waals surface area (Å²) in [4.78, 5) is 2.41. The fourth-order valence-corrected chi connectivity index (χ4v) is 10.4. The third-order valence-corrected chi connectivity index (χ3v) is 13.3. The molecule has 60 heavy (non-hydrogen) atoms. The maximum atomic E-state index is 6.79. The van der Waals surface area contributed by atoms with Gasteiger partial charge in [0.05, 0.1) is 5.69 Å². The Hall–Kier alpha value is -6.62. The lowest BCUT2D eigenvalue weighted by Crippen LogP contribution is -2.10. The molecule has 0 aliphatic heterocycles. The smallest absolute Gasteiger partial charge is 0.143 e. The van der Waals surface area contributed by atoms with E-state index in [1.54, 1.807) is 0 Å². The SMILES string of the molecule is CC(C)(C)c1cccc2c1oc1c(-c3ccc(N(c4ccc(-c5cccc6c5oc5c(C(C)(C)C)cccc56)cc4)c4cccc5sc6ccccc6c45)cc3)cccc12. The van der Waals surface area contributed by atoms with E-state index in [-0.39, 0.29) is 10.8 Å². The first-order valence-electron chi connectivity index (χ1n) is 20.8. The molecule has 0 saturated heterocycles. The highest BCUT2D eigenvalue weighted by Gasteiger charge is 2.24. The van der Waals surface area contributed by atoms with Crippen molar-refractivity contribution in [2.45, 2.75) is 52.4 Å². The minimum Gasteiger partial charge on any atom is -0.455 e. The number of para-hydroxylation sites is 4. The molecule has 0 unspecified atom stereocenters. The molecule has 0 aliphatic rings. The van der Waals surface area contributed by atoms with Crippen molar-refractivity contribution in [3.05, 3.63) is 175 Å². The lowest BCUT2D eigenvalue weighted by Gasteiger charge is -2.27. The minimum absolute atomic E-state index is 0.0373. The second-order valence-electron chi connectivity index (χ2n) is 18.1. The van der Waals surface area contributed by atoms with Crippen LogP contribution in [-0.4, -0.2) is 0 Å². The maximum absolute atomic E-state index is 6.79. The summed E-state index contributed by atoms with van der Waals surface area (Å²) in [5, 5.41) is 7.13. The number of anilines is 3. The Morgan fingerprint density at radius 1 is 0.383 bits per heavy atom. The van der Waals surface area contributed by atoms with Crippen molar-refractivity contribution in [2.24, 2.45) is 0 Å². The van der Waals surface area contributed by atoms with Crippen molar-refractivity contribution in [3.8, 4) is 22.3 Å². The van der Waals surface area contributed by atoms with Gasteiger partial charge in [-0.25, -0.2) is 0 Å². The molecule has 0 fully saturated rings. The molecular weight excluding hydrogens is 751 g/mol. The molecule has 0 saturated carbocycles. The van der Waals surface area contributed by atoms with Crippen LogP contribution in [0, 0.1) is 0 Å². The van der Waals surface area contributed by atoms with Crippen LogP contribution in [0.4, 0.5) is 17.1 Å². The predicted octanol–water partition coefficient (Wildman–Crippen LogP) is 17.3. The summed E-state index contributed by atoms with van der Waals surface area (Å²) in [6.07, 6.45) is 0. The van der Waals surface area contributed by atoms with Gasteiger partial charge in [0.25, 0.3) is 0 Å². The highest BCUT2D eigenvalue weighted by Crippen LogP contribution is 2.47. The number of fused-ring (bicyclic) bond motifs is 9. The second-order valence-corrected chi connectivity index (χ2v) is 19.2. The van der Waals surface area contributed by atoms with Gasteiger partial charge in [-0.05, 0) is 64.4 Å². The average molecular weight is 796 g/mol. The van der Waals surface area contributed by atoms with Gasteiger partial charge in [-0.1, -0.05) is 163 Å². The van der Waals surface area contributed by atoms with Gasteiger partial charge in [0.1, 0.15) is 22.3 Å². The highest BCUT2D eigenvalue weighted by molar-refractivity contribution is 7.26. The molecule has 11 rings (SSSR count). The van der Waals surface area contributed by atoms with Crippen LogP contribution in [-0.2, 0) is 10.8 Å². The lowest BCUT2D eigenvalue weighted by atomic mass is 9.86. The zero-order chi connectivity index (χ0) is 40.9. The molecule has 8 aromatic carbocycles. The van der Waals surface area contributed by atoms with Crippen molar-refractivity contribution in [2.75, 3.05) is 4.90 Å². The average Bonchev–Trinajstić information content (AvgIpc) is 3.95. The molecule has 3 aromatic heterocycles. The van der Waals surface area contributed by atoms with Gasteiger partial charge in [0.2, 0.25) is 0 Å². The van der Waals surface area contributed by atoms with Crippen LogP contribution in [0.2, 0.25) is 0 Å². The number of furan rings is 2. The van der Waals surface area contributed by atoms with E-state index in [0.717, 1.165) is 83.2 Å². The van der Waals surface area contributed by atoms with E-state index >= 15 is 0 Å². The number of rotatable bonds is 5. The number of hydrogen-bond acceptors (Lipinski definition) is 4. The molecule has 0 aliphatic carbocycles. The molecule has 0 radical (unpaired) electrons. The van der Waals surface area contributed by atoms with Gasteiger partial charge in [0.15, 0.2) is 0 Å². The fourth-order valence-electron chi connectivity index (χ4n) is 9.23. The van der Waals surface area contributed by atoms with Gasteiger partial charge in [0, 0.05) is 75.3 Å². The summed E-state index contributed by atoms with van der Waals surface area (Å²) in [6.45, 7) is 13.5. The van der Waals surface area contributed by atoms with Crippen LogP contribution in [0.5, 0.6) is 0 Å². The largest absolute Gasteiger partial charge is 0.455 e. The van der Waals surface area contributed by atoms with Gasteiger partial charge < -0.3 is 13.7 Å². The van der Waals surface area contributed by atoms with Gasteiger partial charge >= 0.3 is 0 Å². The maximum Gasteiger partial charge on any atom is 0.143 e. The van der Waals surface area contributed by atoms with Crippen molar-refractivity contribution in [1.82, 2.24) is 0 Å². The first kappa shape index (κ1) is 36.5. The second kappa shape index (κ2) is 13.5. The molecule has 3 nitrogen and oxygen atoms in total. The minimum atomic E-state index is -0.0373. The van der Waals surface area contributed by atoms with Crippen molar-refractivity contribution in [3.63, 3.8) is 0 Å². The molecule has 0 N–H and O–H groups in total. The van der Waals surface area contributed by atoms with E-state index < -0.39 is 0 Å². The molecule has 0 amide bonds. The van der Waals surface area contributed by atoms with Gasteiger partial charge in [-0.3, -0.25) is 0 Å². The van der Waals surface area contributed by atoms with Crippen LogP contribution in [0.1, 0.15) is 52.7 Å². The molecule has 0 atom stereocenters. The number of benzene rings is 8. The van der Waals surface area contributed by atoms with Crippen LogP contribution in [0.3, 0.4) is 0 Å². The zero-order valence-electron chi connectivity index (χ0n) is 34.8. The Morgan fingerprint density at radius 3 is 1.30 bits per heavy atom. The molecule has 0 spiro atoms. The summed E-state index contributed by atoms with van der Waals surface area (Å²) in [5.41, 5.74) is 13.9. The molecular formula is C56H45NO2S.